The van der Waals surface area contributed by atoms with Crippen molar-refractivity contribution in [1.82, 2.24) is 0 Å². The van der Waals surface area contributed by atoms with Gasteiger partial charge in [-0.25, -0.2) is 8.78 Å². The van der Waals surface area contributed by atoms with Crippen LogP contribution in [0.3, 0.4) is 0 Å². The molecule has 0 N–H and O–H groups in total. The fourth-order valence-corrected chi connectivity index (χ4v) is 1.62. The molecule has 1 aliphatic rings. The maximum atomic E-state index is 13.5. The summed E-state index contributed by atoms with van der Waals surface area (Å²) in [6, 6.07) is 6.29. The second-order valence-corrected chi connectivity index (χ2v) is 4.32. The fourth-order valence-electron chi connectivity index (χ4n) is 1.35. The Morgan fingerprint density at radius 2 is 1.69 bits per heavy atom. The van der Waals surface area contributed by atoms with Crippen molar-refractivity contribution in [3.8, 4) is 0 Å². The van der Waals surface area contributed by atoms with Gasteiger partial charge in [0.2, 0.25) is 0 Å². The molecule has 0 unspecified atom stereocenters. The van der Waals surface area contributed by atoms with E-state index in [4.69, 9.17) is 0 Å². The van der Waals surface area contributed by atoms with E-state index in [1.165, 1.54) is 12.1 Å². The van der Waals surface area contributed by atoms with Crippen molar-refractivity contribution in [3.63, 3.8) is 0 Å². The molecule has 0 bridgehead atoms. The Morgan fingerprint density at radius 1 is 1.15 bits per heavy atom. The Kier molecular flexibility index (Phi) is 2.14. The van der Waals surface area contributed by atoms with Gasteiger partial charge in [-0.3, -0.25) is 0 Å². The van der Waals surface area contributed by atoms with Crippen LogP contribution in [0.2, 0.25) is 0 Å². The lowest BCUT2D eigenvalue weighted by atomic mass is 10.0. The van der Waals surface area contributed by atoms with Crippen molar-refractivity contribution in [2.75, 3.05) is 0 Å². The summed E-state index contributed by atoms with van der Waals surface area (Å²) in [5.41, 5.74) is 0.137. The first kappa shape index (κ1) is 9.13. The van der Waals surface area contributed by atoms with Gasteiger partial charge in [0.25, 0.3) is 5.92 Å². The predicted molar refractivity (Wildman–Crippen MR) is 50.8 cm³/mol. The highest BCUT2D eigenvalue weighted by molar-refractivity contribution is 9.10. The third kappa shape index (κ3) is 1.75. The van der Waals surface area contributed by atoms with Gasteiger partial charge in [-0.1, -0.05) is 28.1 Å². The molecule has 1 aromatic carbocycles. The van der Waals surface area contributed by atoms with Crippen molar-refractivity contribution in [3.05, 3.63) is 34.3 Å². The van der Waals surface area contributed by atoms with Crippen LogP contribution >= 0.6 is 15.9 Å². The molecule has 1 fully saturated rings. The quantitative estimate of drug-likeness (QED) is 0.742. The van der Waals surface area contributed by atoms with Gasteiger partial charge in [0.05, 0.1) is 0 Å². The van der Waals surface area contributed by atoms with Crippen molar-refractivity contribution in [1.29, 1.82) is 0 Å². The van der Waals surface area contributed by atoms with Crippen LogP contribution in [0.15, 0.2) is 28.7 Å². The highest BCUT2D eigenvalue weighted by Gasteiger charge is 2.47. The van der Waals surface area contributed by atoms with Gasteiger partial charge in [-0.2, -0.15) is 0 Å². The largest absolute Gasteiger partial charge is 0.276 e. The minimum absolute atomic E-state index is 0.137. The Hall–Kier alpha value is -0.440. The maximum Gasteiger partial charge on any atom is 0.276 e. The Bertz CT molecular complexity index is 301. The average Bonchev–Trinajstić information content (AvgIpc) is 2.87. The van der Waals surface area contributed by atoms with Crippen molar-refractivity contribution in [2.45, 2.75) is 18.8 Å². The van der Waals surface area contributed by atoms with Crippen LogP contribution in [0.1, 0.15) is 18.4 Å². The Balaban J connectivity index is 2.28. The van der Waals surface area contributed by atoms with Crippen LogP contribution in [-0.2, 0) is 5.92 Å². The van der Waals surface area contributed by atoms with Gasteiger partial charge in [0.1, 0.15) is 0 Å². The van der Waals surface area contributed by atoms with E-state index in [1.54, 1.807) is 12.1 Å². The summed E-state index contributed by atoms with van der Waals surface area (Å²) in [5, 5.41) is 0. The van der Waals surface area contributed by atoms with E-state index in [0.29, 0.717) is 12.8 Å². The van der Waals surface area contributed by atoms with E-state index >= 15 is 0 Å². The smallest absolute Gasteiger partial charge is 0.201 e. The third-order valence-electron chi connectivity index (χ3n) is 2.32. The number of benzene rings is 1. The van der Waals surface area contributed by atoms with Crippen LogP contribution in [-0.4, -0.2) is 0 Å². The summed E-state index contributed by atoms with van der Waals surface area (Å²) < 4.78 is 27.8. The van der Waals surface area contributed by atoms with E-state index in [-0.39, 0.29) is 5.56 Å². The molecule has 0 saturated heterocycles. The summed E-state index contributed by atoms with van der Waals surface area (Å²) in [6.07, 6.45) is 1.31. The first-order valence-electron chi connectivity index (χ1n) is 4.24. The van der Waals surface area contributed by atoms with E-state index in [1.807, 2.05) is 0 Å². The zero-order valence-electron chi connectivity index (χ0n) is 6.93. The number of alkyl halides is 2. The van der Waals surface area contributed by atoms with Gasteiger partial charge in [0, 0.05) is 16.0 Å². The molecule has 13 heavy (non-hydrogen) atoms. The normalized spacial score (nSPS) is 17.5. The zero-order valence-corrected chi connectivity index (χ0v) is 8.52. The Morgan fingerprint density at radius 3 is 2.15 bits per heavy atom. The van der Waals surface area contributed by atoms with E-state index in [0.717, 1.165) is 4.47 Å². The molecule has 0 atom stereocenters. The monoisotopic (exact) mass is 246 g/mol. The second-order valence-electron chi connectivity index (χ2n) is 3.40. The van der Waals surface area contributed by atoms with Crippen LogP contribution in [0.5, 0.6) is 0 Å². The third-order valence-corrected chi connectivity index (χ3v) is 2.85. The fraction of sp³-hybridized carbons (Fsp3) is 0.400. The molecule has 2 rings (SSSR count). The molecule has 70 valence electrons. The lowest BCUT2D eigenvalue weighted by molar-refractivity contribution is -0.0285. The van der Waals surface area contributed by atoms with Crippen LogP contribution in [0.4, 0.5) is 8.78 Å². The van der Waals surface area contributed by atoms with E-state index in [2.05, 4.69) is 15.9 Å². The van der Waals surface area contributed by atoms with Crippen LogP contribution in [0, 0.1) is 5.92 Å². The minimum Gasteiger partial charge on any atom is -0.201 e. The molecule has 0 spiro atoms. The van der Waals surface area contributed by atoms with Crippen LogP contribution < -0.4 is 0 Å². The standard InChI is InChI=1S/C10H9BrF2/c11-9-5-3-8(4-6-9)10(12,13)7-1-2-7/h3-7H,1-2H2. The minimum atomic E-state index is -2.62. The second kappa shape index (κ2) is 3.05. The zero-order chi connectivity index (χ0) is 9.47. The van der Waals surface area contributed by atoms with Crippen LogP contribution in [0.25, 0.3) is 0 Å². The van der Waals surface area contributed by atoms with Gasteiger partial charge >= 0.3 is 0 Å². The summed E-state index contributed by atoms with van der Waals surface area (Å²) in [4.78, 5) is 0. The van der Waals surface area contributed by atoms with Crippen molar-refractivity contribution in [2.24, 2.45) is 5.92 Å². The number of halogens is 3. The molecule has 0 heterocycles. The summed E-state index contributed by atoms with van der Waals surface area (Å²) in [5.74, 6) is -3.05. The highest BCUT2D eigenvalue weighted by Crippen LogP contribution is 2.49. The van der Waals surface area contributed by atoms with E-state index < -0.39 is 11.8 Å². The number of hydrogen-bond donors (Lipinski definition) is 0. The Labute approximate surface area is 84.1 Å². The molecule has 1 aliphatic carbocycles. The van der Waals surface area contributed by atoms with Gasteiger partial charge in [0.15, 0.2) is 0 Å². The molecule has 1 saturated carbocycles. The lowest BCUT2D eigenvalue weighted by Crippen LogP contribution is -2.15. The molecular weight excluding hydrogens is 238 g/mol. The van der Waals surface area contributed by atoms with Gasteiger partial charge in [-0.15, -0.1) is 0 Å². The molecule has 1 aromatic rings. The molecule has 0 aromatic heterocycles. The van der Waals surface area contributed by atoms with Gasteiger partial charge < -0.3 is 0 Å². The summed E-state index contributed by atoms with van der Waals surface area (Å²) in [7, 11) is 0. The highest BCUT2D eigenvalue weighted by atomic mass is 79.9. The number of rotatable bonds is 2. The molecular formula is C10H9BrF2. The molecule has 3 heteroatoms. The summed E-state index contributed by atoms with van der Waals surface area (Å²) in [6.45, 7) is 0. The summed E-state index contributed by atoms with van der Waals surface area (Å²) >= 11 is 3.22. The number of hydrogen-bond acceptors (Lipinski definition) is 0. The van der Waals surface area contributed by atoms with Crippen molar-refractivity contribution >= 4 is 15.9 Å². The maximum absolute atomic E-state index is 13.5. The average molecular weight is 247 g/mol. The lowest BCUT2D eigenvalue weighted by Gasteiger charge is -2.15. The van der Waals surface area contributed by atoms with Crippen molar-refractivity contribution < 1.29 is 8.78 Å². The molecule has 0 amide bonds. The first-order valence-corrected chi connectivity index (χ1v) is 5.04. The SMILES string of the molecule is FC(F)(c1ccc(Br)cc1)C1CC1. The van der Waals surface area contributed by atoms with Gasteiger partial charge in [-0.05, 0) is 25.0 Å². The molecule has 0 nitrogen and oxygen atoms in total. The van der Waals surface area contributed by atoms with E-state index in [9.17, 15) is 8.78 Å². The topological polar surface area (TPSA) is 0 Å². The molecule has 0 radical (unpaired) electrons. The predicted octanol–water partition coefficient (Wildman–Crippen LogP) is 3.95. The molecule has 0 aliphatic heterocycles. The first-order chi connectivity index (χ1) is 6.10.